The predicted octanol–water partition coefficient (Wildman–Crippen LogP) is 4.24. The monoisotopic (exact) mass is 514 g/mol. The highest BCUT2D eigenvalue weighted by molar-refractivity contribution is 7.89. The van der Waals surface area contributed by atoms with Crippen LogP contribution in [-0.4, -0.2) is 47.7 Å². The second-order valence-corrected chi connectivity index (χ2v) is 11.3. The van der Waals surface area contributed by atoms with Crippen LogP contribution >= 0.6 is 34.5 Å². The highest BCUT2D eigenvalue weighted by Gasteiger charge is 2.33. The van der Waals surface area contributed by atoms with E-state index in [1.165, 1.54) is 15.7 Å². The molecule has 3 heterocycles. The summed E-state index contributed by atoms with van der Waals surface area (Å²) in [6, 6.07) is 6.42. The summed E-state index contributed by atoms with van der Waals surface area (Å²) in [6.07, 6.45) is 4.13. The summed E-state index contributed by atoms with van der Waals surface area (Å²) in [7, 11) is -4.11. The van der Waals surface area contributed by atoms with Gasteiger partial charge < -0.3 is 4.90 Å². The van der Waals surface area contributed by atoms with Gasteiger partial charge in [0, 0.05) is 29.7 Å². The molecule has 0 aliphatic carbocycles. The normalized spacial score (nSPS) is 16.5. The van der Waals surface area contributed by atoms with E-state index in [0.29, 0.717) is 35.4 Å². The van der Waals surface area contributed by atoms with E-state index in [0.717, 1.165) is 18.4 Å². The lowest BCUT2D eigenvalue weighted by Gasteiger charge is -2.33. The van der Waals surface area contributed by atoms with E-state index in [-0.39, 0.29) is 22.5 Å². The van der Waals surface area contributed by atoms with Crippen LogP contribution in [0, 0.1) is 5.92 Å². The molecule has 1 aliphatic rings. The molecule has 32 heavy (non-hydrogen) atoms. The SMILES string of the molecule is CC1CCN(C(=O)C(CCc2ccccc2Cl)NS(=O)(=O)c2c(Cl)nc3sccn23)CC1. The average molecular weight is 515 g/mol. The number of thiazole rings is 1. The van der Waals surface area contributed by atoms with E-state index in [1.807, 2.05) is 18.2 Å². The van der Waals surface area contributed by atoms with Crippen LogP contribution in [0.1, 0.15) is 31.7 Å². The Morgan fingerprint density at radius 3 is 2.72 bits per heavy atom. The van der Waals surface area contributed by atoms with Crippen molar-refractivity contribution in [1.82, 2.24) is 19.0 Å². The van der Waals surface area contributed by atoms with Crippen LogP contribution in [0.3, 0.4) is 0 Å². The molecule has 0 radical (unpaired) electrons. The fraction of sp³-hybridized carbons (Fsp3) is 0.429. The number of imidazole rings is 1. The van der Waals surface area contributed by atoms with Crippen LogP contribution < -0.4 is 4.72 Å². The highest BCUT2D eigenvalue weighted by atomic mass is 35.5. The van der Waals surface area contributed by atoms with Crippen molar-refractivity contribution < 1.29 is 13.2 Å². The first-order valence-corrected chi connectivity index (χ1v) is 13.5. The third kappa shape index (κ3) is 4.97. The van der Waals surface area contributed by atoms with Gasteiger partial charge in [-0.05, 0) is 43.2 Å². The number of aryl methyl sites for hydroxylation is 1. The molecule has 0 saturated carbocycles. The van der Waals surface area contributed by atoms with Crippen molar-refractivity contribution in [1.29, 1.82) is 0 Å². The van der Waals surface area contributed by atoms with Gasteiger partial charge in [-0.15, -0.1) is 11.3 Å². The Balaban J connectivity index is 1.60. The number of piperidine rings is 1. The zero-order valence-electron chi connectivity index (χ0n) is 17.5. The van der Waals surface area contributed by atoms with E-state index in [4.69, 9.17) is 23.2 Å². The molecule has 7 nitrogen and oxygen atoms in total. The van der Waals surface area contributed by atoms with Crippen LogP contribution in [0.25, 0.3) is 4.96 Å². The molecule has 1 saturated heterocycles. The molecule has 3 aromatic rings. The molecular formula is C21H24Cl2N4O3S2. The molecule has 1 fully saturated rings. The number of halogens is 2. The topological polar surface area (TPSA) is 83.8 Å². The molecule has 1 atom stereocenters. The first-order valence-electron chi connectivity index (χ1n) is 10.4. The first-order chi connectivity index (χ1) is 15.3. The molecule has 11 heteroatoms. The lowest BCUT2D eigenvalue weighted by molar-refractivity contribution is -0.134. The quantitative estimate of drug-likeness (QED) is 0.510. The Labute approximate surface area is 201 Å². The van der Waals surface area contributed by atoms with E-state index in [9.17, 15) is 13.2 Å². The molecule has 1 N–H and O–H groups in total. The van der Waals surface area contributed by atoms with Crippen molar-refractivity contribution in [2.75, 3.05) is 13.1 Å². The van der Waals surface area contributed by atoms with E-state index in [2.05, 4.69) is 16.6 Å². The molecule has 4 rings (SSSR count). The summed E-state index contributed by atoms with van der Waals surface area (Å²) in [6.45, 7) is 3.40. The zero-order valence-corrected chi connectivity index (χ0v) is 20.6. The fourth-order valence-electron chi connectivity index (χ4n) is 3.91. The Morgan fingerprint density at radius 2 is 2.00 bits per heavy atom. The fourth-order valence-corrected chi connectivity index (χ4v) is 6.81. The molecule has 1 aliphatic heterocycles. The molecule has 1 amide bonds. The summed E-state index contributed by atoms with van der Waals surface area (Å²) in [5.74, 6) is 0.324. The van der Waals surface area contributed by atoms with Gasteiger partial charge in [-0.1, -0.05) is 48.3 Å². The Bertz CT molecular complexity index is 1220. The minimum absolute atomic E-state index is 0.117. The molecule has 2 aromatic heterocycles. The lowest BCUT2D eigenvalue weighted by atomic mass is 9.98. The lowest BCUT2D eigenvalue weighted by Crippen LogP contribution is -2.50. The summed E-state index contributed by atoms with van der Waals surface area (Å²) in [4.78, 5) is 19.7. The third-order valence-electron chi connectivity index (χ3n) is 5.78. The summed E-state index contributed by atoms with van der Waals surface area (Å²) >= 11 is 13.7. The predicted molar refractivity (Wildman–Crippen MR) is 127 cm³/mol. The minimum atomic E-state index is -4.11. The molecule has 1 aromatic carbocycles. The van der Waals surface area contributed by atoms with Gasteiger partial charge in [0.05, 0.1) is 0 Å². The summed E-state index contributed by atoms with van der Waals surface area (Å²) < 4.78 is 30.6. The van der Waals surface area contributed by atoms with Gasteiger partial charge in [-0.3, -0.25) is 9.20 Å². The van der Waals surface area contributed by atoms with Crippen LogP contribution in [0.5, 0.6) is 0 Å². The molecular weight excluding hydrogens is 491 g/mol. The van der Waals surface area contributed by atoms with Crippen LogP contribution in [0.2, 0.25) is 10.2 Å². The van der Waals surface area contributed by atoms with Crippen molar-refractivity contribution in [2.45, 2.75) is 43.7 Å². The van der Waals surface area contributed by atoms with Crippen molar-refractivity contribution in [3.8, 4) is 0 Å². The minimum Gasteiger partial charge on any atom is -0.341 e. The highest BCUT2D eigenvalue weighted by Crippen LogP contribution is 2.26. The number of amides is 1. The number of carbonyl (C=O) groups excluding carboxylic acids is 1. The number of rotatable bonds is 7. The van der Waals surface area contributed by atoms with Gasteiger partial charge in [0.15, 0.2) is 15.1 Å². The number of fused-ring (bicyclic) bond motifs is 1. The van der Waals surface area contributed by atoms with E-state index >= 15 is 0 Å². The number of hydrogen-bond acceptors (Lipinski definition) is 5. The average Bonchev–Trinajstić information content (AvgIpc) is 3.32. The Morgan fingerprint density at radius 1 is 1.28 bits per heavy atom. The molecule has 0 bridgehead atoms. The maximum absolute atomic E-state index is 13.4. The van der Waals surface area contributed by atoms with Crippen molar-refractivity contribution in [2.24, 2.45) is 5.92 Å². The summed E-state index contributed by atoms with van der Waals surface area (Å²) in [5.41, 5.74) is 0.862. The number of sulfonamides is 1. The second kappa shape index (κ2) is 9.69. The largest absolute Gasteiger partial charge is 0.341 e. The smallest absolute Gasteiger partial charge is 0.260 e. The van der Waals surface area contributed by atoms with E-state index < -0.39 is 16.1 Å². The number of nitrogens with zero attached hydrogens (tertiary/aromatic N) is 3. The van der Waals surface area contributed by atoms with Gasteiger partial charge in [-0.2, -0.15) is 4.72 Å². The number of nitrogens with one attached hydrogen (secondary N) is 1. The van der Waals surface area contributed by atoms with Crippen LogP contribution in [0.15, 0.2) is 40.9 Å². The van der Waals surface area contributed by atoms with Crippen LogP contribution in [0.4, 0.5) is 0 Å². The number of hydrogen-bond donors (Lipinski definition) is 1. The second-order valence-electron chi connectivity index (χ2n) is 8.08. The van der Waals surface area contributed by atoms with Crippen molar-refractivity contribution >= 4 is 55.4 Å². The third-order valence-corrected chi connectivity index (χ3v) is 8.78. The maximum atomic E-state index is 13.4. The number of carbonyl (C=O) groups is 1. The number of aromatic nitrogens is 2. The van der Waals surface area contributed by atoms with Crippen LogP contribution in [-0.2, 0) is 21.2 Å². The van der Waals surface area contributed by atoms with Gasteiger partial charge in [0.1, 0.15) is 6.04 Å². The van der Waals surface area contributed by atoms with Gasteiger partial charge in [-0.25, -0.2) is 13.4 Å². The molecule has 1 unspecified atom stereocenters. The first kappa shape index (κ1) is 23.5. The molecule has 0 spiro atoms. The number of benzene rings is 1. The number of likely N-dealkylation sites (tertiary alicyclic amines) is 1. The van der Waals surface area contributed by atoms with Gasteiger partial charge >= 0.3 is 0 Å². The summed E-state index contributed by atoms with van der Waals surface area (Å²) in [5, 5.41) is 2.05. The Kier molecular flexibility index (Phi) is 7.11. The van der Waals surface area contributed by atoms with E-state index in [1.54, 1.807) is 22.5 Å². The Hall–Kier alpha value is -1.65. The van der Waals surface area contributed by atoms with Gasteiger partial charge in [0.2, 0.25) is 5.91 Å². The van der Waals surface area contributed by atoms with Gasteiger partial charge in [0.25, 0.3) is 10.0 Å². The molecule has 172 valence electrons. The zero-order chi connectivity index (χ0) is 22.9. The van der Waals surface area contributed by atoms with Crippen molar-refractivity contribution in [3.05, 3.63) is 51.6 Å². The standard InChI is InChI=1S/C21H24Cl2N4O3S2/c1-14-8-10-26(11-9-14)19(28)17(7-6-15-4-2-3-5-16(15)22)25-32(29,30)20-18(23)24-21-27(20)12-13-31-21/h2-5,12-14,17,25H,6-11H2,1H3. The van der Waals surface area contributed by atoms with Crippen molar-refractivity contribution in [3.63, 3.8) is 0 Å². The maximum Gasteiger partial charge on any atom is 0.260 e.